The van der Waals surface area contributed by atoms with Gasteiger partial charge in [-0.15, -0.1) is 0 Å². The molecular weight excluding hydrogens is 456 g/mol. The van der Waals surface area contributed by atoms with Crippen molar-refractivity contribution in [2.75, 3.05) is 6.54 Å². The molecule has 6 unspecified atom stereocenters. The topological polar surface area (TPSA) is 220 Å². The first-order valence-corrected chi connectivity index (χ1v) is 12.3. The molecule has 4 amide bonds. The first-order chi connectivity index (χ1) is 16.4. The van der Waals surface area contributed by atoms with Crippen molar-refractivity contribution >= 4 is 29.6 Å². The number of carbonyl (C=O) groups excluding carboxylic acids is 4. The summed E-state index contributed by atoms with van der Waals surface area (Å²) in [6.45, 7) is 7.74. The zero-order valence-electron chi connectivity index (χ0n) is 21.3. The van der Waals surface area contributed by atoms with Crippen LogP contribution in [0.4, 0.5) is 0 Å². The first-order valence-electron chi connectivity index (χ1n) is 12.3. The molecule has 0 aromatic rings. The maximum absolute atomic E-state index is 13.1. The summed E-state index contributed by atoms with van der Waals surface area (Å²) >= 11 is 0. The van der Waals surface area contributed by atoms with E-state index in [0.29, 0.717) is 38.6 Å². The van der Waals surface area contributed by atoms with Crippen LogP contribution in [0.25, 0.3) is 0 Å². The van der Waals surface area contributed by atoms with Crippen molar-refractivity contribution in [3.8, 4) is 0 Å². The molecule has 0 spiro atoms. The van der Waals surface area contributed by atoms with Gasteiger partial charge in [0.1, 0.15) is 18.1 Å². The monoisotopic (exact) mass is 500 g/mol. The summed E-state index contributed by atoms with van der Waals surface area (Å²) in [5, 5.41) is 17.1. The molecule has 6 atom stereocenters. The van der Waals surface area contributed by atoms with E-state index in [-0.39, 0.29) is 24.7 Å². The second kappa shape index (κ2) is 16.8. The average molecular weight is 501 g/mol. The van der Waals surface area contributed by atoms with Crippen LogP contribution in [-0.2, 0) is 24.0 Å². The molecule has 202 valence electrons. The van der Waals surface area contributed by atoms with Crippen molar-refractivity contribution in [3.63, 3.8) is 0 Å². The average Bonchev–Trinajstić information content (AvgIpc) is 2.82. The molecule has 0 aliphatic heterocycles. The molecule has 0 fully saturated rings. The Morgan fingerprint density at radius 1 is 0.800 bits per heavy atom. The van der Waals surface area contributed by atoms with Crippen molar-refractivity contribution in [2.24, 2.45) is 29.0 Å². The fourth-order valence-electron chi connectivity index (χ4n) is 3.30. The van der Waals surface area contributed by atoms with Gasteiger partial charge in [0, 0.05) is 6.42 Å². The Morgan fingerprint density at radius 3 is 1.86 bits per heavy atom. The van der Waals surface area contributed by atoms with Gasteiger partial charge in [0.25, 0.3) is 0 Å². The first kappa shape index (κ1) is 32.3. The van der Waals surface area contributed by atoms with Gasteiger partial charge in [-0.25, -0.2) is 4.79 Å². The third kappa shape index (κ3) is 12.0. The quantitative estimate of drug-likeness (QED) is 0.119. The molecule has 0 radical (unpaired) electrons. The van der Waals surface area contributed by atoms with Crippen LogP contribution in [0.5, 0.6) is 0 Å². The highest BCUT2D eigenvalue weighted by atomic mass is 16.4. The van der Waals surface area contributed by atoms with Gasteiger partial charge in [0.2, 0.25) is 23.6 Å². The Morgan fingerprint density at radius 2 is 1.37 bits per heavy atom. The summed E-state index contributed by atoms with van der Waals surface area (Å²) in [7, 11) is 0. The molecule has 0 aromatic heterocycles. The van der Waals surface area contributed by atoms with Crippen molar-refractivity contribution in [1.82, 2.24) is 16.0 Å². The van der Waals surface area contributed by atoms with E-state index in [9.17, 15) is 29.1 Å². The van der Waals surface area contributed by atoms with Crippen molar-refractivity contribution < 1.29 is 29.1 Å². The Kier molecular flexibility index (Phi) is 15.5. The number of hydrogen-bond acceptors (Lipinski definition) is 7. The summed E-state index contributed by atoms with van der Waals surface area (Å²) in [5.41, 5.74) is 16.6. The van der Waals surface area contributed by atoms with Crippen molar-refractivity contribution in [2.45, 2.75) is 96.8 Å². The highest BCUT2D eigenvalue weighted by molar-refractivity contribution is 5.94. The lowest BCUT2D eigenvalue weighted by Gasteiger charge is -2.28. The Bertz CT molecular complexity index is 719. The van der Waals surface area contributed by atoms with Gasteiger partial charge in [-0.3, -0.25) is 19.2 Å². The fraction of sp³-hybridized carbons (Fsp3) is 0.783. The van der Waals surface area contributed by atoms with Gasteiger partial charge in [0.15, 0.2) is 0 Å². The van der Waals surface area contributed by atoms with Crippen LogP contribution in [0.3, 0.4) is 0 Å². The van der Waals surface area contributed by atoms with Gasteiger partial charge in [-0.1, -0.05) is 40.5 Å². The Hall–Kier alpha value is -2.73. The van der Waals surface area contributed by atoms with Crippen LogP contribution < -0.4 is 33.2 Å². The zero-order valence-corrected chi connectivity index (χ0v) is 21.3. The summed E-state index contributed by atoms with van der Waals surface area (Å²) in [6, 6.07) is -4.12. The van der Waals surface area contributed by atoms with Gasteiger partial charge >= 0.3 is 5.97 Å². The van der Waals surface area contributed by atoms with Gasteiger partial charge in [-0.05, 0) is 44.1 Å². The van der Waals surface area contributed by atoms with E-state index in [0.717, 1.165) is 0 Å². The molecule has 0 heterocycles. The van der Waals surface area contributed by atoms with Crippen LogP contribution in [-0.4, -0.2) is 65.4 Å². The smallest absolute Gasteiger partial charge is 0.326 e. The SMILES string of the molecule is CCC(C)C(N)C(=O)NC(CCCCN)C(=O)NC(C(=O)NC(CCC(N)=O)C(=O)O)C(C)CC. The molecule has 0 bridgehead atoms. The van der Waals surface area contributed by atoms with E-state index in [1.165, 1.54) is 0 Å². The van der Waals surface area contributed by atoms with Gasteiger partial charge < -0.3 is 38.3 Å². The molecule has 0 aliphatic carbocycles. The highest BCUT2D eigenvalue weighted by Crippen LogP contribution is 2.12. The number of carboxylic acids is 1. The number of primary amides is 1. The maximum atomic E-state index is 13.1. The molecule has 0 saturated carbocycles. The van der Waals surface area contributed by atoms with Crippen molar-refractivity contribution in [3.05, 3.63) is 0 Å². The molecule has 10 N–H and O–H groups in total. The van der Waals surface area contributed by atoms with Crippen LogP contribution in [0.2, 0.25) is 0 Å². The van der Waals surface area contributed by atoms with Crippen LogP contribution in [0.15, 0.2) is 0 Å². The third-order valence-electron chi connectivity index (χ3n) is 6.23. The number of nitrogens with one attached hydrogen (secondary N) is 3. The number of aliphatic carboxylic acids is 1. The molecule has 12 nitrogen and oxygen atoms in total. The lowest BCUT2D eigenvalue weighted by molar-refractivity contribution is -0.143. The normalized spacial score (nSPS) is 16.2. The van der Waals surface area contributed by atoms with E-state index >= 15 is 0 Å². The number of amides is 4. The fourth-order valence-corrected chi connectivity index (χ4v) is 3.30. The number of nitrogens with two attached hydrogens (primary N) is 3. The lowest BCUT2D eigenvalue weighted by atomic mass is 9.96. The molecular formula is C23H44N6O6. The summed E-state index contributed by atoms with van der Waals surface area (Å²) < 4.78 is 0. The maximum Gasteiger partial charge on any atom is 0.326 e. The predicted molar refractivity (Wildman–Crippen MR) is 132 cm³/mol. The third-order valence-corrected chi connectivity index (χ3v) is 6.23. The number of carboxylic acid groups (broad SMARTS) is 1. The second-order valence-electron chi connectivity index (χ2n) is 9.03. The van der Waals surface area contributed by atoms with E-state index in [1.54, 1.807) is 6.92 Å². The molecule has 12 heteroatoms. The minimum atomic E-state index is -1.34. The largest absolute Gasteiger partial charge is 0.480 e. The highest BCUT2D eigenvalue weighted by Gasteiger charge is 2.33. The molecule has 0 rings (SSSR count). The molecule has 0 aromatic carbocycles. The standard InChI is InChI=1S/C23H44N6O6/c1-5-13(3)18(26)21(32)27-15(9-7-8-12-24)20(31)29-19(14(4)6-2)22(33)28-16(23(34)35)10-11-17(25)30/h13-16,18-19H,5-12,24,26H2,1-4H3,(H2,25,30)(H,27,32)(H,28,33)(H,29,31)(H,34,35). The summed E-state index contributed by atoms with van der Waals surface area (Å²) in [5.74, 6) is -4.18. The number of unbranched alkanes of at least 4 members (excludes halogenated alkanes) is 1. The van der Waals surface area contributed by atoms with E-state index in [4.69, 9.17) is 17.2 Å². The minimum absolute atomic E-state index is 0.0882. The zero-order chi connectivity index (χ0) is 27.1. The molecule has 35 heavy (non-hydrogen) atoms. The van der Waals surface area contributed by atoms with Crippen LogP contribution >= 0.6 is 0 Å². The predicted octanol–water partition coefficient (Wildman–Crippen LogP) is -0.661. The minimum Gasteiger partial charge on any atom is -0.480 e. The summed E-state index contributed by atoms with van der Waals surface area (Å²) in [4.78, 5) is 61.3. The van der Waals surface area contributed by atoms with Crippen molar-refractivity contribution in [1.29, 1.82) is 0 Å². The van der Waals surface area contributed by atoms with Gasteiger partial charge in [0.05, 0.1) is 6.04 Å². The molecule has 0 saturated heterocycles. The number of carbonyl (C=O) groups is 5. The van der Waals surface area contributed by atoms with E-state index in [2.05, 4.69) is 16.0 Å². The van der Waals surface area contributed by atoms with E-state index in [1.807, 2.05) is 20.8 Å². The Labute approximate surface area is 207 Å². The van der Waals surface area contributed by atoms with Gasteiger partial charge in [-0.2, -0.15) is 0 Å². The Balaban J connectivity index is 5.60. The van der Waals surface area contributed by atoms with Crippen LogP contribution in [0, 0.1) is 11.8 Å². The lowest BCUT2D eigenvalue weighted by Crippen LogP contribution is -2.59. The molecule has 0 aliphatic rings. The number of hydrogen-bond donors (Lipinski definition) is 7. The second-order valence-corrected chi connectivity index (χ2v) is 9.03. The summed E-state index contributed by atoms with van der Waals surface area (Å²) in [6.07, 6.45) is 2.32. The number of rotatable bonds is 18. The van der Waals surface area contributed by atoms with Crippen LogP contribution in [0.1, 0.15) is 72.6 Å². The van der Waals surface area contributed by atoms with E-state index < -0.39 is 53.8 Å².